The van der Waals surface area contributed by atoms with Crippen molar-refractivity contribution in [2.45, 2.75) is 25.9 Å². The molecule has 1 aliphatic heterocycles. The first-order valence-electron chi connectivity index (χ1n) is 10.3. The van der Waals surface area contributed by atoms with Crippen molar-refractivity contribution in [1.29, 1.82) is 0 Å². The maximum Gasteiger partial charge on any atom is 0.241 e. The smallest absolute Gasteiger partial charge is 0.241 e. The highest BCUT2D eigenvalue weighted by atomic mass is 16.5. The summed E-state index contributed by atoms with van der Waals surface area (Å²) in [6, 6.07) is 7.83. The lowest BCUT2D eigenvalue weighted by molar-refractivity contribution is 0.136. The summed E-state index contributed by atoms with van der Waals surface area (Å²) in [6.45, 7) is 5.92. The fourth-order valence-electron chi connectivity index (χ4n) is 3.37. The number of aromatic nitrogens is 6. The second-order valence-corrected chi connectivity index (χ2v) is 8.03. The van der Waals surface area contributed by atoms with E-state index in [2.05, 4.69) is 44.8 Å². The number of rotatable bonds is 6. The Balaban J connectivity index is 1.45. The molecule has 0 spiro atoms. The molecule has 0 unspecified atom stereocenters. The molecule has 158 valence electrons. The number of nitrogens with zero attached hydrogens (tertiary/aromatic N) is 6. The minimum absolute atomic E-state index is 0.152. The fourth-order valence-corrected chi connectivity index (χ4v) is 3.37. The maximum atomic E-state index is 6.03. The van der Waals surface area contributed by atoms with Gasteiger partial charge in [-0.05, 0) is 35.7 Å². The molecule has 1 aliphatic rings. The van der Waals surface area contributed by atoms with Crippen LogP contribution in [0.1, 0.15) is 25.3 Å². The molecule has 5 rings (SSSR count). The normalized spacial score (nSPS) is 14.1. The minimum Gasteiger partial charge on any atom is -0.470 e. The number of pyridine rings is 2. The predicted molar refractivity (Wildman–Crippen MR) is 118 cm³/mol. The van der Waals surface area contributed by atoms with E-state index in [1.165, 1.54) is 0 Å². The molecule has 4 aromatic heterocycles. The molecule has 0 atom stereocenters. The Hall–Kier alpha value is -3.59. The predicted octanol–water partition coefficient (Wildman–Crippen LogP) is 3.04. The van der Waals surface area contributed by atoms with Crippen LogP contribution in [0.2, 0.25) is 0 Å². The SMILES string of the molecule is CC(C)c1cnnc(Nc2ccc3ncc(-c4cn(C)nc4OC4CNC4)cc3n2)c1. The third kappa shape index (κ3) is 4.04. The Bertz CT molecular complexity index is 1230. The van der Waals surface area contributed by atoms with E-state index in [0.29, 0.717) is 23.4 Å². The van der Waals surface area contributed by atoms with E-state index in [1.807, 2.05) is 43.7 Å². The first-order valence-corrected chi connectivity index (χ1v) is 10.3. The van der Waals surface area contributed by atoms with Gasteiger partial charge < -0.3 is 15.4 Å². The van der Waals surface area contributed by atoms with Gasteiger partial charge in [-0.25, -0.2) is 4.98 Å². The Morgan fingerprint density at radius 1 is 1.13 bits per heavy atom. The zero-order valence-electron chi connectivity index (χ0n) is 17.7. The fraction of sp³-hybridized carbons (Fsp3) is 0.318. The number of aryl methyl sites for hydroxylation is 1. The number of fused-ring (bicyclic) bond motifs is 1. The topological polar surface area (TPSA) is 103 Å². The Morgan fingerprint density at radius 2 is 2.00 bits per heavy atom. The lowest BCUT2D eigenvalue weighted by Crippen LogP contribution is -2.50. The number of hydrogen-bond donors (Lipinski definition) is 2. The summed E-state index contributed by atoms with van der Waals surface area (Å²) in [4.78, 5) is 9.32. The summed E-state index contributed by atoms with van der Waals surface area (Å²) in [5.74, 6) is 2.34. The zero-order valence-corrected chi connectivity index (χ0v) is 17.7. The second kappa shape index (κ2) is 7.92. The van der Waals surface area contributed by atoms with Gasteiger partial charge in [0.25, 0.3) is 0 Å². The molecule has 2 N–H and O–H groups in total. The van der Waals surface area contributed by atoms with E-state index >= 15 is 0 Å². The van der Waals surface area contributed by atoms with E-state index in [-0.39, 0.29) is 6.10 Å². The molecule has 5 heterocycles. The van der Waals surface area contributed by atoms with Crippen molar-refractivity contribution in [1.82, 2.24) is 35.3 Å². The molecule has 0 aromatic carbocycles. The van der Waals surface area contributed by atoms with Crippen molar-refractivity contribution in [2.24, 2.45) is 7.05 Å². The molecule has 0 bridgehead atoms. The third-order valence-electron chi connectivity index (χ3n) is 5.26. The summed E-state index contributed by atoms with van der Waals surface area (Å²) < 4.78 is 7.79. The van der Waals surface area contributed by atoms with Crippen LogP contribution < -0.4 is 15.4 Å². The van der Waals surface area contributed by atoms with Crippen LogP contribution in [-0.2, 0) is 7.05 Å². The van der Waals surface area contributed by atoms with Crippen LogP contribution in [0, 0.1) is 0 Å². The van der Waals surface area contributed by atoms with Crippen LogP contribution in [0.3, 0.4) is 0 Å². The van der Waals surface area contributed by atoms with E-state index < -0.39 is 0 Å². The molecular weight excluding hydrogens is 392 g/mol. The molecule has 0 amide bonds. The highest BCUT2D eigenvalue weighted by Gasteiger charge is 2.22. The lowest BCUT2D eigenvalue weighted by atomic mass is 10.1. The van der Waals surface area contributed by atoms with Gasteiger partial charge in [-0.15, -0.1) is 10.2 Å². The van der Waals surface area contributed by atoms with Gasteiger partial charge in [-0.1, -0.05) is 13.8 Å². The molecule has 31 heavy (non-hydrogen) atoms. The molecule has 1 saturated heterocycles. The number of anilines is 2. The third-order valence-corrected chi connectivity index (χ3v) is 5.26. The highest BCUT2D eigenvalue weighted by molar-refractivity contribution is 5.82. The first-order chi connectivity index (χ1) is 15.0. The van der Waals surface area contributed by atoms with Crippen LogP contribution >= 0.6 is 0 Å². The summed E-state index contributed by atoms with van der Waals surface area (Å²) in [7, 11) is 1.89. The highest BCUT2D eigenvalue weighted by Crippen LogP contribution is 2.31. The van der Waals surface area contributed by atoms with Gasteiger partial charge in [0, 0.05) is 38.1 Å². The molecule has 4 aromatic rings. The summed E-state index contributed by atoms with van der Waals surface area (Å²) in [5.41, 5.74) is 4.52. The van der Waals surface area contributed by atoms with Gasteiger partial charge in [0.1, 0.15) is 11.9 Å². The van der Waals surface area contributed by atoms with Crippen molar-refractivity contribution >= 4 is 22.7 Å². The molecule has 1 fully saturated rings. The van der Waals surface area contributed by atoms with Crippen LogP contribution in [0.25, 0.3) is 22.2 Å². The van der Waals surface area contributed by atoms with Crippen molar-refractivity contribution in [3.8, 4) is 17.0 Å². The average molecular weight is 416 g/mol. The van der Waals surface area contributed by atoms with Gasteiger partial charge in [-0.2, -0.15) is 5.10 Å². The first kappa shape index (κ1) is 19.4. The van der Waals surface area contributed by atoms with Crippen molar-refractivity contribution in [2.75, 3.05) is 18.4 Å². The quantitative estimate of drug-likeness (QED) is 0.494. The lowest BCUT2D eigenvalue weighted by Gasteiger charge is -2.27. The number of hydrogen-bond acceptors (Lipinski definition) is 8. The van der Waals surface area contributed by atoms with Gasteiger partial charge in [0.2, 0.25) is 5.88 Å². The van der Waals surface area contributed by atoms with Crippen molar-refractivity contribution < 1.29 is 4.74 Å². The molecule has 9 nitrogen and oxygen atoms in total. The summed E-state index contributed by atoms with van der Waals surface area (Å²) in [5, 5.41) is 19.2. The van der Waals surface area contributed by atoms with Crippen molar-refractivity contribution in [3.63, 3.8) is 0 Å². The standard InChI is InChI=1S/C22H24N8O/c1-13(2)14-7-21(28-25-9-14)27-20-5-4-18-19(26-20)6-15(8-24-18)17-12-30(3)29-22(17)31-16-10-23-11-16/h4-9,12-13,16,23H,10-11H2,1-3H3,(H,26,27,28). The zero-order chi connectivity index (χ0) is 21.4. The second-order valence-electron chi connectivity index (χ2n) is 8.03. The van der Waals surface area contributed by atoms with Crippen LogP contribution in [-0.4, -0.2) is 49.1 Å². The average Bonchev–Trinajstić information content (AvgIpc) is 3.10. The van der Waals surface area contributed by atoms with Crippen LogP contribution in [0.4, 0.5) is 11.6 Å². The van der Waals surface area contributed by atoms with Gasteiger partial charge >= 0.3 is 0 Å². The van der Waals surface area contributed by atoms with Crippen LogP contribution in [0.5, 0.6) is 5.88 Å². The minimum atomic E-state index is 0.152. The Kier molecular flexibility index (Phi) is 4.95. The molecule has 0 saturated carbocycles. The number of ether oxygens (including phenoxy) is 1. The molecule has 0 radical (unpaired) electrons. The molecular formula is C22H24N8O. The van der Waals surface area contributed by atoms with Gasteiger partial charge in [-0.3, -0.25) is 9.67 Å². The van der Waals surface area contributed by atoms with Crippen LogP contribution in [0.15, 0.2) is 42.9 Å². The van der Waals surface area contributed by atoms with Gasteiger partial charge in [0.15, 0.2) is 5.82 Å². The van der Waals surface area contributed by atoms with E-state index in [9.17, 15) is 0 Å². The van der Waals surface area contributed by atoms with E-state index in [4.69, 9.17) is 9.72 Å². The maximum absolute atomic E-state index is 6.03. The van der Waals surface area contributed by atoms with E-state index in [0.717, 1.165) is 40.8 Å². The van der Waals surface area contributed by atoms with Gasteiger partial charge in [0.05, 0.1) is 22.8 Å². The Labute approximate surface area is 179 Å². The molecule has 0 aliphatic carbocycles. The monoisotopic (exact) mass is 416 g/mol. The summed E-state index contributed by atoms with van der Waals surface area (Å²) in [6.07, 6.45) is 5.71. The largest absolute Gasteiger partial charge is 0.470 e. The number of nitrogens with one attached hydrogen (secondary N) is 2. The van der Waals surface area contributed by atoms with E-state index in [1.54, 1.807) is 10.9 Å². The summed E-state index contributed by atoms with van der Waals surface area (Å²) >= 11 is 0. The molecule has 9 heteroatoms. The van der Waals surface area contributed by atoms with Crippen molar-refractivity contribution in [3.05, 3.63) is 48.4 Å². The Morgan fingerprint density at radius 3 is 2.77 bits per heavy atom.